The van der Waals surface area contributed by atoms with Crippen LogP contribution >= 0.6 is 11.8 Å². The van der Waals surface area contributed by atoms with Crippen LogP contribution in [0.5, 0.6) is 5.75 Å². The molecule has 0 saturated carbocycles. The molecule has 0 atom stereocenters. The highest BCUT2D eigenvalue weighted by Gasteiger charge is 2.18. The molecule has 25 heavy (non-hydrogen) atoms. The van der Waals surface area contributed by atoms with Gasteiger partial charge in [0, 0.05) is 23.2 Å². The molecule has 0 fully saturated rings. The molecule has 0 spiro atoms. The van der Waals surface area contributed by atoms with Crippen molar-refractivity contribution >= 4 is 38.9 Å². The molecule has 0 amide bonds. The molecule has 0 N–H and O–H groups in total. The Morgan fingerprint density at radius 1 is 1.08 bits per heavy atom. The molecule has 0 aliphatic carbocycles. The molecule has 0 aliphatic rings. The number of benzene rings is 2. The minimum Gasteiger partial charge on any atom is -0.497 e. The quantitative estimate of drug-likeness (QED) is 0.408. The van der Waals surface area contributed by atoms with Crippen molar-refractivity contribution in [1.29, 1.82) is 0 Å². The van der Waals surface area contributed by atoms with Crippen LogP contribution < -0.4 is 10.4 Å². The summed E-state index contributed by atoms with van der Waals surface area (Å²) < 4.78 is 15.8. The largest absolute Gasteiger partial charge is 0.497 e. The number of oxazole rings is 1. The Bertz CT molecular complexity index is 1130. The van der Waals surface area contributed by atoms with Crippen molar-refractivity contribution < 1.29 is 18.4 Å². The first kappa shape index (κ1) is 15.5. The Hall–Kier alpha value is -3.06. The van der Waals surface area contributed by atoms with Gasteiger partial charge in [-0.05, 0) is 30.3 Å². The van der Waals surface area contributed by atoms with Gasteiger partial charge < -0.3 is 13.6 Å². The number of carbonyl (C=O) groups is 1. The van der Waals surface area contributed by atoms with Crippen LogP contribution in [0.4, 0.5) is 0 Å². The van der Waals surface area contributed by atoms with E-state index in [1.54, 1.807) is 30.3 Å². The molecular formula is C18H11NO5S. The monoisotopic (exact) mass is 353 g/mol. The second kappa shape index (κ2) is 6.10. The highest BCUT2D eigenvalue weighted by Crippen LogP contribution is 2.27. The van der Waals surface area contributed by atoms with Crippen molar-refractivity contribution in [2.45, 2.75) is 5.22 Å². The fourth-order valence-electron chi connectivity index (χ4n) is 2.39. The number of thioether (sulfide) groups is 1. The maximum Gasteiger partial charge on any atom is 0.348 e. The molecule has 7 heteroatoms. The molecule has 2 aromatic carbocycles. The van der Waals surface area contributed by atoms with Crippen molar-refractivity contribution in [2.24, 2.45) is 0 Å². The smallest absolute Gasteiger partial charge is 0.348 e. The summed E-state index contributed by atoms with van der Waals surface area (Å²) in [6.07, 6.45) is 0. The lowest BCUT2D eigenvalue weighted by molar-refractivity contribution is 0.108. The molecule has 4 rings (SSSR count). The van der Waals surface area contributed by atoms with Crippen molar-refractivity contribution in [2.75, 3.05) is 7.11 Å². The van der Waals surface area contributed by atoms with Crippen molar-refractivity contribution in [1.82, 2.24) is 4.98 Å². The summed E-state index contributed by atoms with van der Waals surface area (Å²) in [5.74, 6) is 0.565. The predicted molar refractivity (Wildman–Crippen MR) is 93.2 cm³/mol. The lowest BCUT2D eigenvalue weighted by atomic mass is 10.2. The third-order valence-electron chi connectivity index (χ3n) is 3.62. The number of fused-ring (bicyclic) bond motifs is 2. The number of rotatable bonds is 3. The fraction of sp³-hybridized carbons (Fsp3) is 0.0556. The van der Waals surface area contributed by atoms with Crippen molar-refractivity contribution in [3.8, 4) is 5.75 Å². The van der Waals surface area contributed by atoms with E-state index in [2.05, 4.69) is 4.98 Å². The van der Waals surface area contributed by atoms with Gasteiger partial charge in [-0.25, -0.2) is 9.78 Å². The highest BCUT2D eigenvalue weighted by atomic mass is 32.2. The third-order valence-corrected chi connectivity index (χ3v) is 4.37. The highest BCUT2D eigenvalue weighted by molar-refractivity contribution is 8.14. The maximum atomic E-state index is 12.5. The molecule has 0 unspecified atom stereocenters. The van der Waals surface area contributed by atoms with Crippen LogP contribution in [0.3, 0.4) is 0 Å². The number of carbonyl (C=O) groups excluding carboxylic acids is 1. The summed E-state index contributed by atoms with van der Waals surface area (Å²) in [6.45, 7) is 0. The topological polar surface area (TPSA) is 82.5 Å². The molecule has 0 radical (unpaired) electrons. The van der Waals surface area contributed by atoms with Gasteiger partial charge in [0.05, 0.1) is 7.11 Å². The number of para-hydroxylation sites is 2. The summed E-state index contributed by atoms with van der Waals surface area (Å²) in [5, 5.41) is 0.320. The van der Waals surface area contributed by atoms with Gasteiger partial charge in [-0.1, -0.05) is 12.1 Å². The molecule has 0 bridgehead atoms. The lowest BCUT2D eigenvalue weighted by Gasteiger charge is -2.02. The molecule has 0 aliphatic heterocycles. The lowest BCUT2D eigenvalue weighted by Crippen LogP contribution is -2.11. The van der Waals surface area contributed by atoms with E-state index in [0.29, 0.717) is 27.8 Å². The normalized spacial score (nSPS) is 11.1. The molecule has 124 valence electrons. The van der Waals surface area contributed by atoms with E-state index < -0.39 is 10.7 Å². The minimum absolute atomic E-state index is 0.0649. The maximum absolute atomic E-state index is 12.5. The van der Waals surface area contributed by atoms with Crippen molar-refractivity contribution in [3.63, 3.8) is 0 Å². The number of aromatic nitrogens is 1. The Morgan fingerprint density at radius 2 is 1.92 bits per heavy atom. The zero-order valence-electron chi connectivity index (χ0n) is 13.0. The third kappa shape index (κ3) is 2.89. The standard InChI is InChI=1S/C18H11NO5S/c1-22-11-7-6-10-8-12(16(20)23-15(10)9-11)17(21)25-18-19-13-4-2-3-5-14(13)24-18/h2-9H,1H3. The van der Waals surface area contributed by atoms with Crippen LogP contribution in [0, 0.1) is 0 Å². The van der Waals surface area contributed by atoms with Gasteiger partial charge >= 0.3 is 5.63 Å². The first-order valence-electron chi connectivity index (χ1n) is 7.34. The Balaban J connectivity index is 1.69. The van der Waals surface area contributed by atoms with Crippen LogP contribution in [0.2, 0.25) is 0 Å². The minimum atomic E-state index is -0.714. The van der Waals surface area contributed by atoms with Gasteiger partial charge in [-0.15, -0.1) is 0 Å². The SMILES string of the molecule is COc1ccc2cc(C(=O)Sc3nc4ccccc4o3)c(=O)oc2c1. The molecule has 4 aromatic rings. The number of hydrogen-bond acceptors (Lipinski definition) is 7. The zero-order valence-corrected chi connectivity index (χ0v) is 13.8. The summed E-state index contributed by atoms with van der Waals surface area (Å²) >= 11 is 0.751. The number of hydrogen-bond donors (Lipinski definition) is 0. The molecule has 6 nitrogen and oxygen atoms in total. The molecule has 2 aromatic heterocycles. The first-order valence-corrected chi connectivity index (χ1v) is 8.15. The Kier molecular flexibility index (Phi) is 3.77. The van der Waals surface area contributed by atoms with Crippen LogP contribution in [0.1, 0.15) is 10.4 Å². The summed E-state index contributed by atoms with van der Waals surface area (Å²) in [5.41, 5.74) is 0.804. The van der Waals surface area contributed by atoms with Crippen LogP contribution in [0.25, 0.3) is 22.1 Å². The average Bonchev–Trinajstić information content (AvgIpc) is 3.02. The Labute approximate surface area is 145 Å². The van der Waals surface area contributed by atoms with Gasteiger partial charge in [0.1, 0.15) is 22.4 Å². The van der Waals surface area contributed by atoms with Gasteiger partial charge in [-0.3, -0.25) is 4.79 Å². The van der Waals surface area contributed by atoms with Gasteiger partial charge in [-0.2, -0.15) is 0 Å². The molecule has 0 saturated heterocycles. The second-order valence-corrected chi connectivity index (χ2v) is 6.11. The summed E-state index contributed by atoms with van der Waals surface area (Å²) in [7, 11) is 1.52. The van der Waals surface area contributed by atoms with E-state index in [1.807, 2.05) is 12.1 Å². The van der Waals surface area contributed by atoms with E-state index in [-0.39, 0.29) is 10.8 Å². The van der Waals surface area contributed by atoms with Gasteiger partial charge in [0.2, 0.25) is 5.12 Å². The van der Waals surface area contributed by atoms with Crippen LogP contribution in [0.15, 0.2) is 67.4 Å². The number of ether oxygens (including phenoxy) is 1. The number of methoxy groups -OCH3 is 1. The molecule has 2 heterocycles. The fourth-order valence-corrected chi connectivity index (χ4v) is 3.08. The second-order valence-electron chi connectivity index (χ2n) is 5.19. The van der Waals surface area contributed by atoms with E-state index in [1.165, 1.54) is 13.2 Å². The summed E-state index contributed by atoms with van der Waals surface area (Å²) in [6, 6.07) is 13.7. The summed E-state index contributed by atoms with van der Waals surface area (Å²) in [4.78, 5) is 28.8. The van der Waals surface area contributed by atoms with E-state index in [9.17, 15) is 9.59 Å². The predicted octanol–water partition coefficient (Wildman–Crippen LogP) is 3.88. The van der Waals surface area contributed by atoms with E-state index in [0.717, 1.165) is 11.8 Å². The van der Waals surface area contributed by atoms with Crippen molar-refractivity contribution in [3.05, 3.63) is 64.5 Å². The van der Waals surface area contributed by atoms with Gasteiger partial charge in [0.15, 0.2) is 5.58 Å². The average molecular weight is 353 g/mol. The zero-order chi connectivity index (χ0) is 17.4. The van der Waals surface area contributed by atoms with Crippen LogP contribution in [-0.4, -0.2) is 17.2 Å². The van der Waals surface area contributed by atoms with Crippen LogP contribution in [-0.2, 0) is 0 Å². The van der Waals surface area contributed by atoms with E-state index in [4.69, 9.17) is 13.6 Å². The molecular weight excluding hydrogens is 342 g/mol. The number of nitrogens with zero attached hydrogens (tertiary/aromatic N) is 1. The first-order chi connectivity index (χ1) is 12.1. The van der Waals surface area contributed by atoms with E-state index >= 15 is 0 Å². The van der Waals surface area contributed by atoms with Gasteiger partial charge in [0.25, 0.3) is 5.22 Å². The Morgan fingerprint density at radius 3 is 2.72 bits per heavy atom.